The van der Waals surface area contributed by atoms with E-state index in [1.54, 1.807) is 4.90 Å². The fraction of sp³-hybridized carbons (Fsp3) is 0.917. The Morgan fingerprint density at radius 1 is 1.25 bits per heavy atom. The fourth-order valence-corrected chi connectivity index (χ4v) is 3.16. The van der Waals surface area contributed by atoms with Crippen LogP contribution in [-0.4, -0.2) is 74.2 Å². The van der Waals surface area contributed by atoms with Crippen LogP contribution in [0.15, 0.2) is 0 Å². The topological polar surface area (TPSA) is 87.0 Å². The Morgan fingerprint density at radius 2 is 1.75 bits per heavy atom. The van der Waals surface area contributed by atoms with Crippen molar-refractivity contribution >= 4 is 16.1 Å². The highest BCUT2D eigenvalue weighted by Crippen LogP contribution is 2.13. The molecule has 8 heteroatoms. The number of piperazine rings is 1. The first kappa shape index (κ1) is 17.4. The van der Waals surface area contributed by atoms with E-state index in [4.69, 9.17) is 5.73 Å². The Kier molecular flexibility index (Phi) is 5.93. The van der Waals surface area contributed by atoms with E-state index >= 15 is 0 Å². The summed E-state index contributed by atoms with van der Waals surface area (Å²) < 4.78 is 26.5. The number of hydrogen-bond acceptors (Lipinski definition) is 4. The molecule has 2 N–H and O–H groups in total. The molecular formula is C12H26N4O3S. The van der Waals surface area contributed by atoms with Gasteiger partial charge in [-0.05, 0) is 5.92 Å². The Bertz CT molecular complexity index is 430. The molecule has 0 aromatic carbocycles. The zero-order chi connectivity index (χ0) is 15.5. The third-order valence-electron chi connectivity index (χ3n) is 3.88. The molecule has 1 aliphatic heterocycles. The van der Waals surface area contributed by atoms with E-state index in [-0.39, 0.29) is 11.8 Å². The molecule has 1 amide bonds. The first-order valence-electron chi connectivity index (χ1n) is 6.93. The average Bonchev–Trinajstić information content (AvgIpc) is 2.44. The van der Waals surface area contributed by atoms with Crippen LogP contribution in [0.3, 0.4) is 0 Å². The smallest absolute Gasteiger partial charge is 0.281 e. The minimum Gasteiger partial charge on any atom is -0.339 e. The van der Waals surface area contributed by atoms with Gasteiger partial charge in [-0.3, -0.25) is 4.79 Å². The summed E-state index contributed by atoms with van der Waals surface area (Å²) in [4.78, 5) is 13.9. The van der Waals surface area contributed by atoms with Gasteiger partial charge in [0.25, 0.3) is 10.2 Å². The maximum absolute atomic E-state index is 12.2. The highest BCUT2D eigenvalue weighted by atomic mass is 32.2. The van der Waals surface area contributed by atoms with Crippen molar-refractivity contribution in [1.82, 2.24) is 13.5 Å². The SMILES string of the molecule is CCC(C)[C@H](N)C(=O)N1CCN(S(=O)(=O)N(C)C)CC1. The number of amides is 1. The quantitative estimate of drug-likeness (QED) is 0.728. The van der Waals surface area contributed by atoms with Crippen molar-refractivity contribution in [2.75, 3.05) is 40.3 Å². The number of rotatable bonds is 5. The second-order valence-electron chi connectivity index (χ2n) is 5.43. The Labute approximate surface area is 121 Å². The summed E-state index contributed by atoms with van der Waals surface area (Å²) in [7, 11) is -0.382. The second-order valence-corrected chi connectivity index (χ2v) is 7.57. The van der Waals surface area contributed by atoms with Crippen molar-refractivity contribution in [3.63, 3.8) is 0 Å². The summed E-state index contributed by atoms with van der Waals surface area (Å²) in [6.07, 6.45) is 0.849. The van der Waals surface area contributed by atoms with Crippen molar-refractivity contribution in [2.45, 2.75) is 26.3 Å². The molecule has 0 aromatic rings. The van der Waals surface area contributed by atoms with Gasteiger partial charge in [-0.15, -0.1) is 0 Å². The predicted molar refractivity (Wildman–Crippen MR) is 78.2 cm³/mol. The van der Waals surface area contributed by atoms with Gasteiger partial charge in [0.05, 0.1) is 6.04 Å². The third-order valence-corrected chi connectivity index (χ3v) is 5.82. The molecule has 0 aromatic heterocycles. The van der Waals surface area contributed by atoms with Gasteiger partial charge in [0.1, 0.15) is 0 Å². The van der Waals surface area contributed by atoms with Crippen LogP contribution in [0, 0.1) is 5.92 Å². The number of nitrogens with zero attached hydrogens (tertiary/aromatic N) is 3. The van der Waals surface area contributed by atoms with Crippen LogP contribution in [0.2, 0.25) is 0 Å². The lowest BCUT2D eigenvalue weighted by Crippen LogP contribution is -2.56. The first-order chi connectivity index (χ1) is 9.21. The molecule has 1 fully saturated rings. The fourth-order valence-electron chi connectivity index (χ4n) is 2.08. The molecule has 0 aliphatic carbocycles. The zero-order valence-electron chi connectivity index (χ0n) is 12.7. The van der Waals surface area contributed by atoms with Crippen LogP contribution in [0.5, 0.6) is 0 Å². The van der Waals surface area contributed by atoms with E-state index in [0.29, 0.717) is 26.2 Å². The lowest BCUT2D eigenvalue weighted by atomic mass is 9.99. The summed E-state index contributed by atoms with van der Waals surface area (Å²) in [5.41, 5.74) is 5.94. The molecule has 118 valence electrons. The van der Waals surface area contributed by atoms with Gasteiger partial charge in [-0.1, -0.05) is 20.3 Å². The summed E-state index contributed by atoms with van der Waals surface area (Å²) in [5.74, 6) is 0.0484. The van der Waals surface area contributed by atoms with Crippen LogP contribution in [0.1, 0.15) is 20.3 Å². The maximum atomic E-state index is 12.2. The molecule has 0 radical (unpaired) electrons. The molecule has 0 bridgehead atoms. The van der Waals surface area contributed by atoms with Crippen LogP contribution in [0.4, 0.5) is 0 Å². The summed E-state index contributed by atoms with van der Waals surface area (Å²) in [6.45, 7) is 5.39. The lowest BCUT2D eigenvalue weighted by Gasteiger charge is -2.36. The number of hydrogen-bond donors (Lipinski definition) is 1. The van der Waals surface area contributed by atoms with E-state index in [1.807, 2.05) is 13.8 Å². The number of carbonyl (C=O) groups excluding carboxylic acids is 1. The summed E-state index contributed by atoms with van der Waals surface area (Å²) >= 11 is 0. The molecule has 7 nitrogen and oxygen atoms in total. The summed E-state index contributed by atoms with van der Waals surface area (Å²) in [5, 5.41) is 0. The van der Waals surface area contributed by atoms with Gasteiger partial charge in [0.15, 0.2) is 0 Å². The van der Waals surface area contributed by atoms with Gasteiger partial charge in [0.2, 0.25) is 5.91 Å². The average molecular weight is 306 g/mol. The number of nitrogens with two attached hydrogens (primary N) is 1. The van der Waals surface area contributed by atoms with Gasteiger partial charge in [0, 0.05) is 40.3 Å². The van der Waals surface area contributed by atoms with Crippen LogP contribution in [0.25, 0.3) is 0 Å². The molecule has 1 heterocycles. The second kappa shape index (κ2) is 6.84. The van der Waals surface area contributed by atoms with E-state index < -0.39 is 16.3 Å². The van der Waals surface area contributed by atoms with Crippen molar-refractivity contribution in [3.05, 3.63) is 0 Å². The van der Waals surface area contributed by atoms with Gasteiger partial charge < -0.3 is 10.6 Å². The van der Waals surface area contributed by atoms with E-state index in [0.717, 1.165) is 6.42 Å². The Morgan fingerprint density at radius 3 is 2.15 bits per heavy atom. The van der Waals surface area contributed by atoms with Crippen LogP contribution < -0.4 is 5.73 Å². The van der Waals surface area contributed by atoms with E-state index in [2.05, 4.69) is 0 Å². The van der Waals surface area contributed by atoms with Crippen LogP contribution in [-0.2, 0) is 15.0 Å². The van der Waals surface area contributed by atoms with E-state index in [9.17, 15) is 13.2 Å². The molecule has 2 atom stereocenters. The van der Waals surface area contributed by atoms with Crippen molar-refractivity contribution in [1.29, 1.82) is 0 Å². The standard InChI is InChI=1S/C12H26N4O3S/c1-5-10(2)11(13)12(17)15-6-8-16(9-7-15)20(18,19)14(3)4/h10-11H,5-9,13H2,1-4H3/t10?,11-/m0/s1. The van der Waals surface area contributed by atoms with Gasteiger partial charge in [-0.2, -0.15) is 17.0 Å². The lowest BCUT2D eigenvalue weighted by molar-refractivity contribution is -0.134. The van der Waals surface area contributed by atoms with Gasteiger partial charge >= 0.3 is 0 Å². The molecular weight excluding hydrogens is 280 g/mol. The summed E-state index contributed by atoms with van der Waals surface area (Å²) in [6, 6.07) is -0.503. The maximum Gasteiger partial charge on any atom is 0.281 e. The highest BCUT2D eigenvalue weighted by Gasteiger charge is 2.32. The first-order valence-corrected chi connectivity index (χ1v) is 8.33. The molecule has 20 heavy (non-hydrogen) atoms. The Hall–Kier alpha value is -0.700. The Balaban J connectivity index is 2.61. The van der Waals surface area contributed by atoms with Crippen molar-refractivity contribution in [2.24, 2.45) is 11.7 Å². The van der Waals surface area contributed by atoms with E-state index in [1.165, 1.54) is 22.7 Å². The normalized spacial score (nSPS) is 21.0. The monoisotopic (exact) mass is 306 g/mol. The van der Waals surface area contributed by atoms with Crippen LogP contribution >= 0.6 is 0 Å². The zero-order valence-corrected chi connectivity index (χ0v) is 13.6. The minimum absolute atomic E-state index is 0.0822. The molecule has 1 rings (SSSR count). The third kappa shape index (κ3) is 3.69. The van der Waals surface area contributed by atoms with Gasteiger partial charge in [-0.25, -0.2) is 0 Å². The minimum atomic E-state index is -3.39. The van der Waals surface area contributed by atoms with Crippen molar-refractivity contribution < 1.29 is 13.2 Å². The molecule has 0 saturated carbocycles. The highest BCUT2D eigenvalue weighted by molar-refractivity contribution is 7.86. The molecule has 1 saturated heterocycles. The molecule has 1 unspecified atom stereocenters. The predicted octanol–water partition coefficient (Wildman–Crippen LogP) is -0.690. The molecule has 1 aliphatic rings. The molecule has 0 spiro atoms. The number of carbonyl (C=O) groups is 1. The largest absolute Gasteiger partial charge is 0.339 e. The van der Waals surface area contributed by atoms with Crippen molar-refractivity contribution in [3.8, 4) is 0 Å².